The molecule has 0 bridgehead atoms. The maximum Gasteiger partial charge on any atom is 0.152 e. The second-order valence-corrected chi connectivity index (χ2v) is 4.15. The quantitative estimate of drug-likeness (QED) is 0.484. The number of pyridine rings is 1. The third-order valence-electron chi connectivity index (χ3n) is 3.11. The van der Waals surface area contributed by atoms with Crippen molar-refractivity contribution in [2.45, 2.75) is 0 Å². The van der Waals surface area contributed by atoms with E-state index in [0.717, 1.165) is 17.0 Å². The number of rotatable bonds is 1. The Hall–Kier alpha value is -2.35. The Labute approximate surface area is 98.2 Å². The number of hydrogen-bond acceptors (Lipinski definition) is 2. The van der Waals surface area contributed by atoms with Crippen molar-refractivity contribution in [1.29, 1.82) is 0 Å². The number of aromatic nitrogens is 1. The minimum Gasteiger partial charge on any atom is -0.463 e. The first-order valence-corrected chi connectivity index (χ1v) is 5.57. The van der Waals surface area contributed by atoms with Crippen LogP contribution in [-0.2, 0) is 0 Å². The summed E-state index contributed by atoms with van der Waals surface area (Å²) in [5.74, 6) is 0.814. The molecule has 17 heavy (non-hydrogen) atoms. The molecule has 0 radical (unpaired) electrons. The van der Waals surface area contributed by atoms with E-state index in [0.29, 0.717) is 0 Å². The molecule has 0 saturated heterocycles. The van der Waals surface area contributed by atoms with E-state index in [1.807, 2.05) is 24.3 Å². The lowest BCUT2D eigenvalue weighted by Gasteiger charge is -2.03. The summed E-state index contributed by atoms with van der Waals surface area (Å²) in [6.45, 7) is 0. The molecule has 2 heterocycles. The summed E-state index contributed by atoms with van der Waals surface area (Å²) in [6.07, 6.45) is 5.93. The fourth-order valence-electron chi connectivity index (χ4n) is 2.35. The van der Waals surface area contributed by atoms with Crippen LogP contribution in [0.15, 0.2) is 47.1 Å². The van der Waals surface area contributed by atoms with Gasteiger partial charge in [0.25, 0.3) is 0 Å². The predicted octanol–water partition coefficient (Wildman–Crippen LogP) is 3.98. The first-order chi connectivity index (χ1) is 8.42. The third-order valence-corrected chi connectivity index (χ3v) is 3.11. The van der Waals surface area contributed by atoms with Gasteiger partial charge in [-0.25, -0.2) is 4.98 Å². The molecule has 2 nitrogen and oxygen atoms in total. The van der Waals surface area contributed by atoms with Crippen molar-refractivity contribution < 1.29 is 4.42 Å². The number of furan rings is 1. The molecule has 2 heteroatoms. The minimum atomic E-state index is 0.814. The Morgan fingerprint density at radius 3 is 2.76 bits per heavy atom. The molecule has 0 atom stereocenters. The van der Waals surface area contributed by atoms with Gasteiger partial charge < -0.3 is 4.42 Å². The van der Waals surface area contributed by atoms with E-state index in [4.69, 9.17) is 4.42 Å². The summed E-state index contributed by atoms with van der Waals surface area (Å²) < 4.78 is 5.40. The normalized spacial score (nSPS) is 12.5. The van der Waals surface area contributed by atoms with Gasteiger partial charge in [0.2, 0.25) is 0 Å². The fraction of sp³-hybridized carbons (Fsp3) is 0. The molecule has 0 aliphatic heterocycles. The lowest BCUT2D eigenvalue weighted by molar-refractivity contribution is 0.580. The Morgan fingerprint density at radius 1 is 0.941 bits per heavy atom. The van der Waals surface area contributed by atoms with Crippen LogP contribution in [0.25, 0.3) is 34.5 Å². The Balaban J connectivity index is 2.09. The molecule has 80 valence electrons. The topological polar surface area (TPSA) is 26.0 Å². The zero-order chi connectivity index (χ0) is 11.2. The second kappa shape index (κ2) is 3.08. The van der Waals surface area contributed by atoms with Gasteiger partial charge in [0, 0.05) is 5.39 Å². The highest BCUT2D eigenvalue weighted by molar-refractivity contribution is 6.04. The second-order valence-electron chi connectivity index (χ2n) is 4.15. The number of hydrogen-bond donors (Lipinski definition) is 0. The largest absolute Gasteiger partial charge is 0.463 e. The minimum absolute atomic E-state index is 0.814. The van der Waals surface area contributed by atoms with Crippen LogP contribution < -0.4 is 0 Å². The van der Waals surface area contributed by atoms with Crippen molar-refractivity contribution in [2.75, 3.05) is 0 Å². The molecule has 3 aromatic rings. The van der Waals surface area contributed by atoms with E-state index in [1.165, 1.54) is 16.5 Å². The van der Waals surface area contributed by atoms with Gasteiger partial charge >= 0.3 is 0 Å². The van der Waals surface area contributed by atoms with Crippen LogP contribution in [-0.4, -0.2) is 4.98 Å². The van der Waals surface area contributed by atoms with Gasteiger partial charge in [-0.05, 0) is 35.4 Å². The molecular weight excluding hydrogens is 210 g/mol. The SMILES string of the molecule is C1=Cc2cc(-c3ccco3)nc3cccc1c23. The van der Waals surface area contributed by atoms with Crippen molar-refractivity contribution in [3.8, 4) is 11.5 Å². The zero-order valence-corrected chi connectivity index (χ0v) is 9.05. The van der Waals surface area contributed by atoms with Crippen LogP contribution in [0.3, 0.4) is 0 Å². The molecule has 1 aromatic carbocycles. The van der Waals surface area contributed by atoms with Crippen LogP contribution in [0.1, 0.15) is 11.1 Å². The van der Waals surface area contributed by atoms with E-state index >= 15 is 0 Å². The predicted molar refractivity (Wildman–Crippen MR) is 68.4 cm³/mol. The lowest BCUT2D eigenvalue weighted by atomic mass is 10.1. The molecule has 0 unspecified atom stereocenters. The van der Waals surface area contributed by atoms with Crippen molar-refractivity contribution in [2.24, 2.45) is 0 Å². The Bertz CT molecular complexity index is 739. The van der Waals surface area contributed by atoms with Gasteiger partial charge in [-0.2, -0.15) is 0 Å². The summed E-state index contributed by atoms with van der Waals surface area (Å²) in [5, 5.41) is 1.24. The molecular formula is C15H9NO. The molecule has 0 saturated carbocycles. The van der Waals surface area contributed by atoms with Crippen molar-refractivity contribution in [3.05, 3.63) is 53.8 Å². The smallest absolute Gasteiger partial charge is 0.152 e. The van der Waals surface area contributed by atoms with Gasteiger partial charge in [-0.15, -0.1) is 0 Å². The Morgan fingerprint density at radius 2 is 1.88 bits per heavy atom. The molecule has 0 N–H and O–H groups in total. The van der Waals surface area contributed by atoms with E-state index in [2.05, 4.69) is 29.3 Å². The van der Waals surface area contributed by atoms with E-state index < -0.39 is 0 Å². The van der Waals surface area contributed by atoms with Crippen LogP contribution in [0.5, 0.6) is 0 Å². The first kappa shape index (κ1) is 8.76. The summed E-state index contributed by atoms with van der Waals surface area (Å²) in [5.41, 5.74) is 4.38. The third kappa shape index (κ3) is 1.18. The van der Waals surface area contributed by atoms with Crippen LogP contribution in [0.4, 0.5) is 0 Å². The lowest BCUT2D eigenvalue weighted by Crippen LogP contribution is -1.87. The number of benzene rings is 1. The molecule has 1 aliphatic carbocycles. The highest BCUT2D eigenvalue weighted by atomic mass is 16.3. The van der Waals surface area contributed by atoms with Gasteiger partial charge in [-0.1, -0.05) is 24.3 Å². The zero-order valence-electron chi connectivity index (χ0n) is 9.05. The van der Waals surface area contributed by atoms with E-state index in [1.54, 1.807) is 6.26 Å². The maximum absolute atomic E-state index is 5.40. The first-order valence-electron chi connectivity index (χ1n) is 5.57. The highest BCUT2D eigenvalue weighted by Crippen LogP contribution is 2.33. The van der Waals surface area contributed by atoms with Gasteiger partial charge in [-0.3, -0.25) is 0 Å². The molecule has 4 rings (SSSR count). The fourth-order valence-corrected chi connectivity index (χ4v) is 2.35. The summed E-state index contributed by atoms with van der Waals surface area (Å²) in [7, 11) is 0. The molecule has 0 fully saturated rings. The molecule has 0 spiro atoms. The monoisotopic (exact) mass is 219 g/mol. The standard InChI is InChI=1S/C15H9NO/c1-3-10-6-7-11-9-13(14-5-2-8-17-14)16-12(4-1)15(10)11/h1-9H. The molecule has 0 amide bonds. The summed E-state index contributed by atoms with van der Waals surface area (Å²) in [6, 6.07) is 12.1. The average molecular weight is 219 g/mol. The Kier molecular flexibility index (Phi) is 1.59. The van der Waals surface area contributed by atoms with Crippen LogP contribution >= 0.6 is 0 Å². The molecule has 1 aliphatic rings. The highest BCUT2D eigenvalue weighted by Gasteiger charge is 2.13. The van der Waals surface area contributed by atoms with E-state index in [9.17, 15) is 0 Å². The van der Waals surface area contributed by atoms with Gasteiger partial charge in [0.15, 0.2) is 5.76 Å². The van der Waals surface area contributed by atoms with Crippen molar-refractivity contribution in [3.63, 3.8) is 0 Å². The number of nitrogens with zero attached hydrogens (tertiary/aromatic N) is 1. The van der Waals surface area contributed by atoms with Crippen molar-refractivity contribution >= 4 is 23.1 Å². The van der Waals surface area contributed by atoms with Crippen molar-refractivity contribution in [1.82, 2.24) is 4.98 Å². The molecule has 2 aromatic heterocycles. The van der Waals surface area contributed by atoms with E-state index in [-0.39, 0.29) is 0 Å². The van der Waals surface area contributed by atoms with Gasteiger partial charge in [0.05, 0.1) is 11.8 Å². The summed E-state index contributed by atoms with van der Waals surface area (Å²) >= 11 is 0. The van der Waals surface area contributed by atoms with Gasteiger partial charge in [0.1, 0.15) is 5.69 Å². The van der Waals surface area contributed by atoms with Crippen LogP contribution in [0, 0.1) is 0 Å². The maximum atomic E-state index is 5.40. The average Bonchev–Trinajstić information content (AvgIpc) is 2.99. The summed E-state index contributed by atoms with van der Waals surface area (Å²) in [4.78, 5) is 4.65. The van der Waals surface area contributed by atoms with Crippen LogP contribution in [0.2, 0.25) is 0 Å².